The third kappa shape index (κ3) is 3.30. The second-order valence-corrected chi connectivity index (χ2v) is 6.41. The number of hydrogen-bond donors (Lipinski definition) is 1. The quantitative estimate of drug-likeness (QED) is 0.790. The summed E-state index contributed by atoms with van der Waals surface area (Å²) >= 11 is 12.5. The molecule has 0 amide bonds. The summed E-state index contributed by atoms with van der Waals surface area (Å²) in [6.07, 6.45) is 7.07. The molecule has 0 bridgehead atoms. The Morgan fingerprint density at radius 1 is 1.15 bits per heavy atom. The van der Waals surface area contributed by atoms with Crippen LogP contribution in [0, 0.1) is 0 Å². The minimum Gasteiger partial charge on any atom is -0.376 e. The van der Waals surface area contributed by atoms with E-state index in [0.717, 1.165) is 23.4 Å². The molecule has 0 aliphatic heterocycles. The zero-order chi connectivity index (χ0) is 14.6. The van der Waals surface area contributed by atoms with Crippen molar-refractivity contribution >= 4 is 23.2 Å². The zero-order valence-corrected chi connectivity index (χ0v) is 13.7. The molecule has 1 aromatic carbocycles. The maximum absolute atomic E-state index is 6.39. The van der Waals surface area contributed by atoms with Crippen LogP contribution in [0.25, 0.3) is 0 Å². The van der Waals surface area contributed by atoms with E-state index in [1.165, 1.54) is 25.7 Å². The fourth-order valence-corrected chi connectivity index (χ4v) is 3.78. The molecule has 0 radical (unpaired) electrons. The number of rotatable bonds is 4. The summed E-state index contributed by atoms with van der Waals surface area (Å²) in [5.74, 6) is 0. The summed E-state index contributed by atoms with van der Waals surface area (Å²) in [6.45, 7) is 0. The van der Waals surface area contributed by atoms with E-state index in [1.807, 2.05) is 32.4 Å². The van der Waals surface area contributed by atoms with E-state index < -0.39 is 0 Å². The molecule has 1 fully saturated rings. The molecule has 1 aliphatic rings. The van der Waals surface area contributed by atoms with Crippen LogP contribution in [0.15, 0.2) is 18.2 Å². The maximum Gasteiger partial charge on any atom is 0.0872 e. The maximum atomic E-state index is 6.39. The summed E-state index contributed by atoms with van der Waals surface area (Å²) in [4.78, 5) is 0. The van der Waals surface area contributed by atoms with E-state index in [1.54, 1.807) is 0 Å². The van der Waals surface area contributed by atoms with Crippen LogP contribution < -0.4 is 5.32 Å². The Kier molecular flexibility index (Phi) is 5.74. The van der Waals surface area contributed by atoms with E-state index in [9.17, 15) is 0 Å². The Bertz CT molecular complexity index is 442. The molecule has 0 heterocycles. The van der Waals surface area contributed by atoms with Gasteiger partial charge >= 0.3 is 0 Å². The third-order valence-corrected chi connectivity index (χ3v) is 5.02. The largest absolute Gasteiger partial charge is 0.376 e. The predicted octanol–water partition coefficient (Wildman–Crippen LogP) is 4.99. The number of hydrogen-bond acceptors (Lipinski definition) is 2. The highest BCUT2D eigenvalue weighted by molar-refractivity contribution is 6.33. The van der Waals surface area contributed by atoms with Crippen molar-refractivity contribution in [2.24, 2.45) is 0 Å². The number of methoxy groups -OCH3 is 1. The molecule has 0 spiro atoms. The van der Waals surface area contributed by atoms with Crippen molar-refractivity contribution in [2.45, 2.75) is 50.2 Å². The van der Waals surface area contributed by atoms with Crippen LogP contribution in [0.2, 0.25) is 10.0 Å². The lowest BCUT2D eigenvalue weighted by atomic mass is 9.82. The fraction of sp³-hybridized carbons (Fsp3) is 0.625. The van der Waals surface area contributed by atoms with Gasteiger partial charge in [-0.25, -0.2) is 0 Å². The van der Waals surface area contributed by atoms with Crippen molar-refractivity contribution in [1.29, 1.82) is 0 Å². The average Bonchev–Trinajstić information content (AvgIpc) is 2.70. The smallest absolute Gasteiger partial charge is 0.0872 e. The Morgan fingerprint density at radius 2 is 1.80 bits per heavy atom. The first-order valence-corrected chi connectivity index (χ1v) is 8.06. The van der Waals surface area contributed by atoms with E-state index in [0.29, 0.717) is 5.02 Å². The minimum absolute atomic E-state index is 0.0665. The van der Waals surface area contributed by atoms with Gasteiger partial charge in [0.05, 0.1) is 11.6 Å². The Labute approximate surface area is 131 Å². The zero-order valence-electron chi connectivity index (χ0n) is 12.2. The van der Waals surface area contributed by atoms with Crippen molar-refractivity contribution in [3.8, 4) is 0 Å². The minimum atomic E-state index is -0.195. The molecule has 112 valence electrons. The molecule has 1 unspecified atom stereocenters. The van der Waals surface area contributed by atoms with Crippen LogP contribution in [-0.2, 0) is 4.74 Å². The van der Waals surface area contributed by atoms with Gasteiger partial charge in [0.1, 0.15) is 0 Å². The Balaban J connectivity index is 2.40. The van der Waals surface area contributed by atoms with Crippen molar-refractivity contribution < 1.29 is 4.74 Å². The lowest BCUT2D eigenvalue weighted by Crippen LogP contribution is -2.44. The molecule has 1 atom stereocenters. The van der Waals surface area contributed by atoms with Crippen LogP contribution >= 0.6 is 23.2 Å². The number of benzene rings is 1. The first kappa shape index (κ1) is 16.1. The van der Waals surface area contributed by atoms with Gasteiger partial charge in [-0.1, -0.05) is 48.9 Å². The van der Waals surface area contributed by atoms with Gasteiger partial charge in [0.2, 0.25) is 0 Å². The molecule has 1 aromatic rings. The summed E-state index contributed by atoms with van der Waals surface area (Å²) in [7, 11) is 3.78. The molecular weight excluding hydrogens is 293 g/mol. The summed E-state index contributed by atoms with van der Waals surface area (Å²) < 4.78 is 6.00. The molecule has 0 aromatic heterocycles. The van der Waals surface area contributed by atoms with Gasteiger partial charge in [0.15, 0.2) is 0 Å². The van der Waals surface area contributed by atoms with Gasteiger partial charge in [-0.15, -0.1) is 0 Å². The molecular formula is C16H23Cl2NO. The van der Waals surface area contributed by atoms with E-state index in [4.69, 9.17) is 27.9 Å². The van der Waals surface area contributed by atoms with E-state index >= 15 is 0 Å². The highest BCUT2D eigenvalue weighted by Crippen LogP contribution is 2.42. The van der Waals surface area contributed by atoms with Crippen molar-refractivity contribution in [3.63, 3.8) is 0 Å². The van der Waals surface area contributed by atoms with Gasteiger partial charge in [-0.3, -0.25) is 0 Å². The van der Waals surface area contributed by atoms with E-state index in [-0.39, 0.29) is 11.6 Å². The molecule has 2 nitrogen and oxygen atoms in total. The lowest BCUT2D eigenvalue weighted by molar-refractivity contribution is -0.0522. The average molecular weight is 316 g/mol. The summed E-state index contributed by atoms with van der Waals surface area (Å²) in [6, 6.07) is 5.71. The molecule has 0 saturated heterocycles. The second kappa shape index (κ2) is 7.13. The SMILES string of the molecule is CNC(c1cc(Cl)ccc1Cl)C1(OC)CCCCCC1. The molecule has 2 rings (SSSR count). The van der Waals surface area contributed by atoms with Crippen molar-refractivity contribution in [1.82, 2.24) is 5.32 Å². The second-order valence-electron chi connectivity index (χ2n) is 5.57. The highest BCUT2D eigenvalue weighted by atomic mass is 35.5. The standard InChI is InChI=1S/C16H23Cl2NO/c1-19-15(13-11-12(17)7-8-14(13)18)16(20-2)9-5-3-4-6-10-16/h7-8,11,15,19H,3-6,9-10H2,1-2H3. The van der Waals surface area contributed by atoms with Gasteiger partial charge in [-0.05, 0) is 43.7 Å². The predicted molar refractivity (Wildman–Crippen MR) is 85.7 cm³/mol. The van der Waals surface area contributed by atoms with Crippen LogP contribution in [0.4, 0.5) is 0 Å². The van der Waals surface area contributed by atoms with Gasteiger partial charge in [-0.2, -0.15) is 0 Å². The van der Waals surface area contributed by atoms with Gasteiger partial charge < -0.3 is 10.1 Å². The first-order valence-electron chi connectivity index (χ1n) is 7.30. The third-order valence-electron chi connectivity index (χ3n) is 4.44. The molecule has 1 N–H and O–H groups in total. The monoisotopic (exact) mass is 315 g/mol. The van der Waals surface area contributed by atoms with Crippen LogP contribution in [0.1, 0.15) is 50.1 Å². The Hall–Kier alpha value is -0.280. The molecule has 20 heavy (non-hydrogen) atoms. The fourth-order valence-electron chi connectivity index (χ4n) is 3.38. The molecule has 1 saturated carbocycles. The van der Waals surface area contributed by atoms with E-state index in [2.05, 4.69) is 5.32 Å². The Morgan fingerprint density at radius 3 is 2.35 bits per heavy atom. The molecule has 1 aliphatic carbocycles. The number of ether oxygens (including phenoxy) is 1. The topological polar surface area (TPSA) is 21.3 Å². The van der Waals surface area contributed by atoms with Gasteiger partial charge in [0.25, 0.3) is 0 Å². The van der Waals surface area contributed by atoms with Crippen molar-refractivity contribution in [2.75, 3.05) is 14.2 Å². The summed E-state index contributed by atoms with van der Waals surface area (Å²) in [5, 5.41) is 4.86. The van der Waals surface area contributed by atoms with Gasteiger partial charge in [0, 0.05) is 17.2 Å². The molecule has 4 heteroatoms. The lowest BCUT2D eigenvalue weighted by Gasteiger charge is -2.40. The first-order chi connectivity index (χ1) is 9.63. The summed E-state index contributed by atoms with van der Waals surface area (Å²) in [5.41, 5.74) is 0.838. The number of likely N-dealkylation sites (N-methyl/N-ethyl adjacent to an activating group) is 1. The van der Waals surface area contributed by atoms with Crippen LogP contribution in [0.5, 0.6) is 0 Å². The van der Waals surface area contributed by atoms with Crippen molar-refractivity contribution in [3.05, 3.63) is 33.8 Å². The van der Waals surface area contributed by atoms with Crippen LogP contribution in [0.3, 0.4) is 0 Å². The number of halogens is 2. The highest BCUT2D eigenvalue weighted by Gasteiger charge is 2.40. The number of nitrogens with one attached hydrogen (secondary N) is 1. The van der Waals surface area contributed by atoms with Crippen LogP contribution in [-0.4, -0.2) is 19.8 Å². The normalized spacial score (nSPS) is 20.4.